The molecule has 2 rings (SSSR count). The Morgan fingerprint density at radius 3 is 2.83 bits per heavy atom. The van der Waals surface area contributed by atoms with Crippen LogP contribution in [0.3, 0.4) is 0 Å². The summed E-state index contributed by atoms with van der Waals surface area (Å²) in [5.74, 6) is -2.78. The molecule has 0 bridgehead atoms. The fraction of sp³-hybridized carbons (Fsp3) is 0.909. The molecule has 0 aromatic heterocycles. The third kappa shape index (κ3) is 2.41. The van der Waals surface area contributed by atoms with Gasteiger partial charge in [0, 0.05) is 5.88 Å². The van der Waals surface area contributed by atoms with Crippen LogP contribution < -0.4 is 0 Å². The third-order valence-electron chi connectivity index (χ3n) is 2.92. The van der Waals surface area contributed by atoms with Crippen LogP contribution in [0.2, 0.25) is 0 Å². The molecule has 0 spiro atoms. The third-order valence-corrected chi connectivity index (χ3v) is 3.07. The monoisotopic (exact) mass is 280 g/mol. The highest BCUT2D eigenvalue weighted by atomic mass is 35.5. The van der Waals surface area contributed by atoms with Crippen LogP contribution in [0.1, 0.15) is 13.8 Å². The number of carbonyl (C=O) groups excluding carboxylic acids is 1. The fourth-order valence-electron chi connectivity index (χ4n) is 2.17. The van der Waals surface area contributed by atoms with Gasteiger partial charge in [0.15, 0.2) is 11.9 Å². The summed E-state index contributed by atoms with van der Waals surface area (Å²) in [6.07, 6.45) is -1.25. The SMILES string of the molecule is CC1(C)OC2COC(CO)(OCCCl)C(=O)C2O1. The highest BCUT2D eigenvalue weighted by Gasteiger charge is 2.57. The molecule has 0 radical (unpaired) electrons. The first-order valence-electron chi connectivity index (χ1n) is 5.79. The van der Waals surface area contributed by atoms with E-state index in [-0.39, 0.29) is 19.1 Å². The lowest BCUT2D eigenvalue weighted by Gasteiger charge is -2.37. The molecule has 2 fully saturated rings. The Morgan fingerprint density at radius 1 is 1.50 bits per heavy atom. The topological polar surface area (TPSA) is 74.2 Å². The van der Waals surface area contributed by atoms with Crippen molar-refractivity contribution >= 4 is 17.4 Å². The van der Waals surface area contributed by atoms with Gasteiger partial charge in [-0.15, -0.1) is 11.6 Å². The molecule has 2 aliphatic rings. The Kier molecular flexibility index (Phi) is 3.96. The van der Waals surface area contributed by atoms with Crippen molar-refractivity contribution in [1.29, 1.82) is 0 Å². The molecule has 0 saturated carbocycles. The van der Waals surface area contributed by atoms with Crippen LogP contribution in [0.25, 0.3) is 0 Å². The van der Waals surface area contributed by atoms with Crippen molar-refractivity contribution in [3.63, 3.8) is 0 Å². The molecule has 0 amide bonds. The van der Waals surface area contributed by atoms with Gasteiger partial charge in [0.2, 0.25) is 5.78 Å². The average molecular weight is 281 g/mol. The van der Waals surface area contributed by atoms with Gasteiger partial charge in [-0.2, -0.15) is 0 Å². The van der Waals surface area contributed by atoms with Crippen molar-refractivity contribution in [1.82, 2.24) is 0 Å². The summed E-state index contributed by atoms with van der Waals surface area (Å²) in [4.78, 5) is 12.3. The van der Waals surface area contributed by atoms with E-state index in [0.717, 1.165) is 0 Å². The molecule has 2 heterocycles. The number of Topliss-reactive ketones (excluding diaryl/α,β-unsaturated/α-hetero) is 1. The van der Waals surface area contributed by atoms with Crippen molar-refractivity contribution in [3.05, 3.63) is 0 Å². The second kappa shape index (κ2) is 5.03. The second-order valence-electron chi connectivity index (χ2n) is 4.72. The zero-order chi connectivity index (χ0) is 13.4. The minimum absolute atomic E-state index is 0.107. The molecule has 3 atom stereocenters. The van der Waals surface area contributed by atoms with E-state index in [1.165, 1.54) is 0 Å². The van der Waals surface area contributed by atoms with Crippen LogP contribution in [-0.4, -0.2) is 60.4 Å². The number of carbonyl (C=O) groups is 1. The first-order valence-corrected chi connectivity index (χ1v) is 6.32. The fourth-order valence-corrected chi connectivity index (χ4v) is 2.25. The first-order chi connectivity index (χ1) is 8.44. The summed E-state index contributed by atoms with van der Waals surface area (Å²) in [7, 11) is 0. The van der Waals surface area contributed by atoms with Crippen molar-refractivity contribution in [2.45, 2.75) is 37.6 Å². The number of aliphatic hydroxyl groups is 1. The molecule has 0 aromatic carbocycles. The lowest BCUT2D eigenvalue weighted by atomic mass is 9.99. The smallest absolute Gasteiger partial charge is 0.255 e. The molecule has 18 heavy (non-hydrogen) atoms. The lowest BCUT2D eigenvalue weighted by molar-refractivity contribution is -0.264. The molecule has 0 aliphatic carbocycles. The largest absolute Gasteiger partial charge is 0.390 e. The van der Waals surface area contributed by atoms with Gasteiger partial charge in [-0.3, -0.25) is 4.79 Å². The van der Waals surface area contributed by atoms with E-state index < -0.39 is 36.2 Å². The molecule has 7 heteroatoms. The predicted octanol–water partition coefficient (Wildman–Crippen LogP) is 0.0498. The van der Waals surface area contributed by atoms with Crippen LogP contribution in [-0.2, 0) is 23.7 Å². The predicted molar refractivity (Wildman–Crippen MR) is 61.3 cm³/mol. The van der Waals surface area contributed by atoms with Crippen molar-refractivity contribution in [2.75, 3.05) is 25.7 Å². The lowest BCUT2D eigenvalue weighted by Crippen LogP contribution is -2.60. The van der Waals surface area contributed by atoms with Gasteiger partial charge in [-0.05, 0) is 13.8 Å². The second-order valence-corrected chi connectivity index (χ2v) is 5.10. The summed E-state index contributed by atoms with van der Waals surface area (Å²) in [6.45, 7) is 3.10. The van der Waals surface area contributed by atoms with Gasteiger partial charge in [0.05, 0.1) is 13.2 Å². The molecule has 2 saturated heterocycles. The maximum Gasteiger partial charge on any atom is 0.255 e. The molecule has 6 nitrogen and oxygen atoms in total. The van der Waals surface area contributed by atoms with E-state index in [9.17, 15) is 9.90 Å². The molecule has 0 aromatic rings. The zero-order valence-electron chi connectivity index (χ0n) is 10.3. The van der Waals surface area contributed by atoms with E-state index in [0.29, 0.717) is 0 Å². The van der Waals surface area contributed by atoms with Crippen molar-refractivity contribution in [2.24, 2.45) is 0 Å². The minimum Gasteiger partial charge on any atom is -0.390 e. The minimum atomic E-state index is -1.68. The van der Waals surface area contributed by atoms with Gasteiger partial charge >= 0.3 is 0 Å². The number of halogens is 1. The number of hydrogen-bond donors (Lipinski definition) is 1. The maximum atomic E-state index is 12.3. The molecular weight excluding hydrogens is 264 g/mol. The molecule has 104 valence electrons. The van der Waals surface area contributed by atoms with E-state index in [1.807, 2.05) is 0 Å². The molecule has 3 unspecified atom stereocenters. The number of aliphatic hydroxyl groups excluding tert-OH is 1. The summed E-state index contributed by atoms with van der Waals surface area (Å²) in [6, 6.07) is 0. The maximum absolute atomic E-state index is 12.3. The van der Waals surface area contributed by atoms with E-state index in [4.69, 9.17) is 30.5 Å². The highest BCUT2D eigenvalue weighted by Crippen LogP contribution is 2.36. The summed E-state index contributed by atoms with van der Waals surface area (Å²) >= 11 is 5.51. The van der Waals surface area contributed by atoms with E-state index in [1.54, 1.807) is 13.8 Å². The Labute approximate surface area is 110 Å². The van der Waals surface area contributed by atoms with Gasteiger partial charge in [0.1, 0.15) is 12.7 Å². The van der Waals surface area contributed by atoms with Gasteiger partial charge in [-0.25, -0.2) is 0 Å². The van der Waals surface area contributed by atoms with Crippen LogP contribution >= 0.6 is 11.6 Å². The first kappa shape index (κ1) is 14.2. The molecular formula is C11H17ClO6. The molecule has 1 N–H and O–H groups in total. The van der Waals surface area contributed by atoms with E-state index >= 15 is 0 Å². The highest BCUT2D eigenvalue weighted by molar-refractivity contribution is 6.18. The van der Waals surface area contributed by atoms with Crippen molar-refractivity contribution in [3.8, 4) is 0 Å². The standard InChI is InChI=1S/C11H17ClO6/c1-10(2)17-7-5-16-11(6-13,15-4-3-12)9(14)8(7)18-10/h7-8,13H,3-6H2,1-2H3. The normalized spacial score (nSPS) is 38.8. The average Bonchev–Trinajstić information content (AvgIpc) is 2.65. The summed E-state index contributed by atoms with van der Waals surface area (Å²) in [5, 5.41) is 9.38. The zero-order valence-corrected chi connectivity index (χ0v) is 11.1. The van der Waals surface area contributed by atoms with E-state index in [2.05, 4.69) is 0 Å². The number of ketones is 1. The Hall–Kier alpha value is -0.240. The molecule has 2 aliphatic heterocycles. The number of rotatable bonds is 4. The quantitative estimate of drug-likeness (QED) is 0.734. The van der Waals surface area contributed by atoms with Crippen LogP contribution in [0, 0.1) is 0 Å². The van der Waals surface area contributed by atoms with Gasteiger partial charge < -0.3 is 24.1 Å². The summed E-state index contributed by atoms with van der Waals surface area (Å²) in [5.41, 5.74) is 0. The summed E-state index contributed by atoms with van der Waals surface area (Å²) < 4.78 is 21.7. The Morgan fingerprint density at radius 2 is 2.22 bits per heavy atom. The van der Waals surface area contributed by atoms with Crippen molar-refractivity contribution < 1.29 is 28.8 Å². The van der Waals surface area contributed by atoms with Gasteiger partial charge in [0.25, 0.3) is 5.79 Å². The van der Waals surface area contributed by atoms with Crippen LogP contribution in [0.15, 0.2) is 0 Å². The Bertz CT molecular complexity index is 333. The number of hydrogen-bond acceptors (Lipinski definition) is 6. The number of alkyl halides is 1. The Balaban J connectivity index is 2.15. The van der Waals surface area contributed by atoms with Crippen LogP contribution in [0.5, 0.6) is 0 Å². The number of fused-ring (bicyclic) bond motifs is 1. The van der Waals surface area contributed by atoms with Crippen LogP contribution in [0.4, 0.5) is 0 Å². The number of ether oxygens (including phenoxy) is 4. The van der Waals surface area contributed by atoms with Gasteiger partial charge in [-0.1, -0.05) is 0 Å².